The Kier molecular flexibility index (Phi) is 4.22. The maximum atomic E-state index is 12.4. The van der Waals surface area contributed by atoms with Crippen LogP contribution in [0.4, 0.5) is 5.00 Å². The summed E-state index contributed by atoms with van der Waals surface area (Å²) in [6.07, 6.45) is 2.91. The number of hydrogen-bond acceptors (Lipinski definition) is 3. The van der Waals surface area contributed by atoms with Crippen LogP contribution in [0.15, 0.2) is 24.3 Å². The summed E-state index contributed by atoms with van der Waals surface area (Å²) in [5.74, 6) is -0.134. The molecule has 5 heteroatoms. The topological polar surface area (TPSA) is 72.2 Å². The van der Waals surface area contributed by atoms with Gasteiger partial charge in [0.05, 0.1) is 5.56 Å². The largest absolute Gasteiger partial charge is 0.365 e. The highest BCUT2D eigenvalue weighted by molar-refractivity contribution is 7.17. The Bertz CT molecular complexity index is 762. The molecular formula is C18H20N2O2S. The summed E-state index contributed by atoms with van der Waals surface area (Å²) < 4.78 is 0. The van der Waals surface area contributed by atoms with Crippen molar-refractivity contribution < 1.29 is 9.59 Å². The number of anilines is 1. The number of thiophene rings is 1. The second-order valence-corrected chi connectivity index (χ2v) is 7.35. The average Bonchev–Trinajstić information content (AvgIpc) is 2.84. The van der Waals surface area contributed by atoms with Crippen LogP contribution in [0.25, 0.3) is 0 Å². The van der Waals surface area contributed by atoms with Gasteiger partial charge >= 0.3 is 0 Å². The first-order valence-electron chi connectivity index (χ1n) is 7.78. The van der Waals surface area contributed by atoms with E-state index < -0.39 is 5.91 Å². The van der Waals surface area contributed by atoms with E-state index in [0.717, 1.165) is 30.4 Å². The number of nitrogens with two attached hydrogens (primary N) is 1. The first kappa shape index (κ1) is 15.7. The van der Waals surface area contributed by atoms with Gasteiger partial charge < -0.3 is 11.1 Å². The lowest BCUT2D eigenvalue weighted by Gasteiger charge is -2.18. The molecule has 2 amide bonds. The van der Waals surface area contributed by atoms with Crippen molar-refractivity contribution in [3.63, 3.8) is 0 Å². The third-order valence-corrected chi connectivity index (χ3v) is 5.50. The van der Waals surface area contributed by atoms with Crippen molar-refractivity contribution in [2.24, 2.45) is 11.7 Å². The van der Waals surface area contributed by atoms with Crippen LogP contribution in [0.3, 0.4) is 0 Å². The van der Waals surface area contributed by atoms with E-state index in [1.54, 1.807) is 12.1 Å². The third kappa shape index (κ3) is 3.15. The Morgan fingerprint density at radius 1 is 1.26 bits per heavy atom. The minimum atomic E-state index is -0.462. The SMILES string of the molecule is Cc1ccc(C(=O)Nc2sc3c(c2C(N)=O)C[C@H](C)CC3)cc1. The number of rotatable bonds is 3. The second kappa shape index (κ2) is 6.16. The highest BCUT2D eigenvalue weighted by atomic mass is 32.1. The third-order valence-electron chi connectivity index (χ3n) is 4.29. The maximum absolute atomic E-state index is 12.4. The molecule has 0 fully saturated rings. The summed E-state index contributed by atoms with van der Waals surface area (Å²) in [6.45, 7) is 4.15. The molecule has 1 aromatic heterocycles. The fourth-order valence-corrected chi connectivity index (χ4v) is 4.23. The summed E-state index contributed by atoms with van der Waals surface area (Å²) in [6, 6.07) is 7.35. The van der Waals surface area contributed by atoms with Gasteiger partial charge in [0, 0.05) is 10.4 Å². The van der Waals surface area contributed by atoms with Gasteiger partial charge in [0.1, 0.15) is 5.00 Å². The number of nitrogens with one attached hydrogen (secondary N) is 1. The van der Waals surface area contributed by atoms with E-state index in [1.165, 1.54) is 16.2 Å². The van der Waals surface area contributed by atoms with Crippen molar-refractivity contribution in [3.05, 3.63) is 51.4 Å². The lowest BCUT2D eigenvalue weighted by molar-refractivity contribution is 0.1000. The summed E-state index contributed by atoms with van der Waals surface area (Å²) in [5, 5.41) is 3.46. The molecule has 0 saturated heterocycles. The Balaban J connectivity index is 1.92. The molecule has 4 nitrogen and oxygen atoms in total. The molecule has 0 spiro atoms. The van der Waals surface area contributed by atoms with Gasteiger partial charge in [0.2, 0.25) is 0 Å². The Hall–Kier alpha value is -2.14. The number of fused-ring (bicyclic) bond motifs is 1. The number of aryl methyl sites for hydroxylation is 2. The maximum Gasteiger partial charge on any atom is 0.256 e. The van der Waals surface area contributed by atoms with Crippen LogP contribution < -0.4 is 11.1 Å². The van der Waals surface area contributed by atoms with E-state index in [-0.39, 0.29) is 5.91 Å². The summed E-state index contributed by atoms with van der Waals surface area (Å²) in [7, 11) is 0. The molecule has 1 atom stereocenters. The zero-order valence-electron chi connectivity index (χ0n) is 13.3. The minimum absolute atomic E-state index is 0.209. The molecule has 1 aliphatic rings. The molecule has 0 radical (unpaired) electrons. The smallest absolute Gasteiger partial charge is 0.256 e. The van der Waals surface area contributed by atoms with Crippen LogP contribution in [0.1, 0.15) is 50.1 Å². The lowest BCUT2D eigenvalue weighted by atomic mass is 9.87. The number of benzene rings is 1. The lowest BCUT2D eigenvalue weighted by Crippen LogP contribution is -2.19. The minimum Gasteiger partial charge on any atom is -0.365 e. The molecule has 2 aromatic rings. The molecule has 0 bridgehead atoms. The predicted octanol–water partition coefficient (Wildman–Crippen LogP) is 3.53. The number of primary amides is 1. The van der Waals surface area contributed by atoms with Crippen LogP contribution >= 0.6 is 11.3 Å². The van der Waals surface area contributed by atoms with Crippen LogP contribution in [-0.2, 0) is 12.8 Å². The van der Waals surface area contributed by atoms with E-state index in [4.69, 9.17) is 5.73 Å². The van der Waals surface area contributed by atoms with Crippen molar-refractivity contribution in [1.82, 2.24) is 0 Å². The predicted molar refractivity (Wildman–Crippen MR) is 93.2 cm³/mol. The quantitative estimate of drug-likeness (QED) is 0.904. The first-order valence-corrected chi connectivity index (χ1v) is 8.59. The van der Waals surface area contributed by atoms with Gasteiger partial charge in [0.25, 0.3) is 11.8 Å². The van der Waals surface area contributed by atoms with Crippen LogP contribution in [0, 0.1) is 12.8 Å². The molecule has 1 aliphatic carbocycles. The van der Waals surface area contributed by atoms with Gasteiger partial charge in [-0.15, -0.1) is 11.3 Å². The zero-order chi connectivity index (χ0) is 16.6. The zero-order valence-corrected chi connectivity index (χ0v) is 14.1. The van der Waals surface area contributed by atoms with Crippen molar-refractivity contribution in [3.8, 4) is 0 Å². The Morgan fingerprint density at radius 3 is 2.61 bits per heavy atom. The number of carbonyl (C=O) groups is 2. The number of hydrogen-bond donors (Lipinski definition) is 2. The van der Waals surface area contributed by atoms with E-state index >= 15 is 0 Å². The summed E-state index contributed by atoms with van der Waals surface area (Å²) in [5.41, 5.74) is 8.78. The second-order valence-electron chi connectivity index (χ2n) is 6.24. The molecule has 3 rings (SSSR count). The molecule has 1 aromatic carbocycles. The molecule has 3 N–H and O–H groups in total. The van der Waals surface area contributed by atoms with E-state index in [9.17, 15) is 9.59 Å². The van der Waals surface area contributed by atoms with Crippen LogP contribution in [-0.4, -0.2) is 11.8 Å². The molecule has 0 unspecified atom stereocenters. The normalized spacial score (nSPS) is 16.7. The van der Waals surface area contributed by atoms with Crippen LogP contribution in [0.5, 0.6) is 0 Å². The highest BCUT2D eigenvalue weighted by Crippen LogP contribution is 2.39. The Labute approximate surface area is 139 Å². The molecule has 1 heterocycles. The highest BCUT2D eigenvalue weighted by Gasteiger charge is 2.27. The average molecular weight is 328 g/mol. The van der Waals surface area contributed by atoms with E-state index in [0.29, 0.717) is 22.0 Å². The summed E-state index contributed by atoms with van der Waals surface area (Å²) >= 11 is 1.49. The first-order chi connectivity index (χ1) is 11.0. The van der Waals surface area contributed by atoms with Crippen molar-refractivity contribution in [2.75, 3.05) is 5.32 Å². The molecule has 0 saturated carbocycles. The molecule has 0 aliphatic heterocycles. The fraction of sp³-hybridized carbons (Fsp3) is 0.333. The molecular weight excluding hydrogens is 308 g/mol. The number of amides is 2. The van der Waals surface area contributed by atoms with Gasteiger partial charge in [-0.25, -0.2) is 0 Å². The standard InChI is InChI=1S/C18H20N2O2S/c1-10-3-6-12(7-4-10)17(22)20-18-15(16(19)21)13-9-11(2)5-8-14(13)23-18/h3-4,6-7,11H,5,8-9H2,1-2H3,(H2,19,21)(H,20,22)/t11-/m1/s1. The van der Waals surface area contributed by atoms with Crippen molar-refractivity contribution >= 4 is 28.2 Å². The van der Waals surface area contributed by atoms with Crippen molar-refractivity contribution in [2.45, 2.75) is 33.1 Å². The van der Waals surface area contributed by atoms with E-state index in [2.05, 4.69) is 12.2 Å². The van der Waals surface area contributed by atoms with Gasteiger partial charge in [-0.1, -0.05) is 24.6 Å². The van der Waals surface area contributed by atoms with E-state index in [1.807, 2.05) is 19.1 Å². The molecule has 120 valence electrons. The van der Waals surface area contributed by atoms with Crippen LogP contribution in [0.2, 0.25) is 0 Å². The molecule has 23 heavy (non-hydrogen) atoms. The Morgan fingerprint density at radius 2 is 1.96 bits per heavy atom. The fourth-order valence-electron chi connectivity index (χ4n) is 2.99. The van der Waals surface area contributed by atoms with Crippen molar-refractivity contribution in [1.29, 1.82) is 0 Å². The van der Waals surface area contributed by atoms with Gasteiger partial charge in [-0.3, -0.25) is 9.59 Å². The van der Waals surface area contributed by atoms with Gasteiger partial charge in [-0.2, -0.15) is 0 Å². The number of carbonyl (C=O) groups excluding carboxylic acids is 2. The van der Waals surface area contributed by atoms with Gasteiger partial charge in [-0.05, 0) is 49.8 Å². The monoisotopic (exact) mass is 328 g/mol. The summed E-state index contributed by atoms with van der Waals surface area (Å²) in [4.78, 5) is 25.5. The van der Waals surface area contributed by atoms with Gasteiger partial charge in [0.15, 0.2) is 0 Å².